The maximum atomic E-state index is 12.6. The van der Waals surface area contributed by atoms with Gasteiger partial charge in [0.05, 0.1) is 23.3 Å². The number of halogens is 1. The van der Waals surface area contributed by atoms with Gasteiger partial charge in [-0.2, -0.15) is 10.2 Å². The number of nitrogens with zero attached hydrogens (tertiary/aromatic N) is 4. The Morgan fingerprint density at radius 2 is 2.12 bits per heavy atom. The van der Waals surface area contributed by atoms with E-state index in [0.717, 1.165) is 5.69 Å². The quantitative estimate of drug-likeness (QED) is 0.747. The second kappa shape index (κ2) is 6.60. The molecule has 3 N–H and O–H groups in total. The molecule has 0 aliphatic rings. The van der Waals surface area contributed by atoms with Crippen molar-refractivity contribution in [1.82, 2.24) is 19.6 Å². The fourth-order valence-electron chi connectivity index (χ4n) is 2.41. The molecule has 0 saturated carbocycles. The van der Waals surface area contributed by atoms with E-state index in [1.165, 1.54) is 10.9 Å². The van der Waals surface area contributed by atoms with Crippen LogP contribution in [0.3, 0.4) is 0 Å². The van der Waals surface area contributed by atoms with Crippen molar-refractivity contribution in [3.8, 4) is 5.69 Å². The third-order valence-electron chi connectivity index (χ3n) is 3.80. The normalized spacial score (nSPS) is 11.1. The van der Waals surface area contributed by atoms with Gasteiger partial charge in [0, 0.05) is 17.3 Å². The zero-order valence-corrected chi connectivity index (χ0v) is 14.9. The summed E-state index contributed by atoms with van der Waals surface area (Å²) in [4.78, 5) is 12.6. The number of nitrogens with two attached hydrogens (primary N) is 1. The van der Waals surface area contributed by atoms with Gasteiger partial charge in [-0.25, -0.2) is 4.68 Å². The predicted molar refractivity (Wildman–Crippen MR) is 98.3 cm³/mol. The van der Waals surface area contributed by atoms with Crippen LogP contribution < -0.4 is 11.1 Å². The van der Waals surface area contributed by atoms with Crippen molar-refractivity contribution in [2.45, 2.75) is 26.8 Å². The molecule has 2 aromatic heterocycles. The first kappa shape index (κ1) is 17.0. The van der Waals surface area contributed by atoms with Crippen molar-refractivity contribution in [3.63, 3.8) is 0 Å². The molecule has 0 saturated heterocycles. The van der Waals surface area contributed by atoms with Gasteiger partial charge in [0.25, 0.3) is 5.91 Å². The first-order valence-corrected chi connectivity index (χ1v) is 8.21. The third-order valence-corrected chi connectivity index (χ3v) is 4.03. The highest BCUT2D eigenvalue weighted by atomic mass is 35.5. The van der Waals surface area contributed by atoms with Gasteiger partial charge in [-0.15, -0.1) is 0 Å². The first-order chi connectivity index (χ1) is 11.9. The number of carbonyl (C=O) groups excluding carboxylic acids is 1. The number of nitrogens with one attached hydrogen (secondary N) is 1. The zero-order valence-electron chi connectivity index (χ0n) is 14.2. The lowest BCUT2D eigenvalue weighted by molar-refractivity contribution is 0.102. The minimum Gasteiger partial charge on any atom is -0.383 e. The monoisotopic (exact) mass is 358 g/mol. The van der Waals surface area contributed by atoms with Crippen LogP contribution in [0.5, 0.6) is 0 Å². The van der Waals surface area contributed by atoms with Crippen molar-refractivity contribution in [1.29, 1.82) is 0 Å². The molecule has 0 fully saturated rings. The standard InChI is InChI=1S/C17H19ClN6O/c1-10(2)23-9-15(11(3)22-23)21-17(25)14-8-20-24(16(14)19)13-6-4-5-12(18)7-13/h4-10H,19H2,1-3H3,(H,21,25). The summed E-state index contributed by atoms with van der Waals surface area (Å²) in [6.07, 6.45) is 3.24. The molecular formula is C17H19ClN6O. The number of nitrogen functional groups attached to an aromatic ring is 1. The van der Waals surface area contributed by atoms with Gasteiger partial charge in [-0.3, -0.25) is 9.48 Å². The Balaban J connectivity index is 1.86. The van der Waals surface area contributed by atoms with Crippen molar-refractivity contribution < 1.29 is 4.79 Å². The highest BCUT2D eigenvalue weighted by Gasteiger charge is 2.18. The Morgan fingerprint density at radius 1 is 1.36 bits per heavy atom. The molecule has 1 amide bonds. The van der Waals surface area contributed by atoms with Crippen LogP contribution in [-0.4, -0.2) is 25.5 Å². The molecule has 7 nitrogen and oxygen atoms in total. The number of aryl methyl sites for hydroxylation is 1. The van der Waals surface area contributed by atoms with Crippen LogP contribution in [0.4, 0.5) is 11.5 Å². The largest absolute Gasteiger partial charge is 0.383 e. The number of amides is 1. The number of aromatic nitrogens is 4. The molecule has 25 heavy (non-hydrogen) atoms. The Bertz CT molecular complexity index is 927. The third kappa shape index (κ3) is 3.36. The first-order valence-electron chi connectivity index (χ1n) is 7.83. The van der Waals surface area contributed by atoms with Gasteiger partial charge < -0.3 is 11.1 Å². The molecule has 0 atom stereocenters. The van der Waals surface area contributed by atoms with Gasteiger partial charge in [0.2, 0.25) is 0 Å². The van der Waals surface area contributed by atoms with E-state index in [1.807, 2.05) is 26.8 Å². The average Bonchev–Trinajstić information content (AvgIpc) is 3.11. The van der Waals surface area contributed by atoms with Crippen LogP contribution in [0.25, 0.3) is 5.69 Å². The summed E-state index contributed by atoms with van der Waals surface area (Å²) in [5, 5.41) is 12.0. The summed E-state index contributed by atoms with van der Waals surface area (Å²) < 4.78 is 3.27. The smallest absolute Gasteiger partial charge is 0.261 e. The summed E-state index contributed by atoms with van der Waals surface area (Å²) in [6.45, 7) is 5.88. The van der Waals surface area contributed by atoms with Crippen LogP contribution in [0.1, 0.15) is 35.9 Å². The van der Waals surface area contributed by atoms with E-state index in [1.54, 1.807) is 29.1 Å². The lowest BCUT2D eigenvalue weighted by Crippen LogP contribution is -2.14. The topological polar surface area (TPSA) is 90.8 Å². The fourth-order valence-corrected chi connectivity index (χ4v) is 2.59. The van der Waals surface area contributed by atoms with E-state index >= 15 is 0 Å². The minimum absolute atomic E-state index is 0.208. The second-order valence-electron chi connectivity index (χ2n) is 5.99. The summed E-state index contributed by atoms with van der Waals surface area (Å²) in [6, 6.07) is 7.30. The summed E-state index contributed by atoms with van der Waals surface area (Å²) in [5.74, 6) is -0.0918. The van der Waals surface area contributed by atoms with Crippen LogP contribution in [0, 0.1) is 6.92 Å². The predicted octanol–water partition coefficient (Wildman–Crippen LogP) is 3.45. The van der Waals surface area contributed by atoms with E-state index in [-0.39, 0.29) is 23.3 Å². The Kier molecular flexibility index (Phi) is 4.50. The van der Waals surface area contributed by atoms with Crippen molar-refractivity contribution in [2.75, 3.05) is 11.1 Å². The van der Waals surface area contributed by atoms with Gasteiger partial charge >= 0.3 is 0 Å². The van der Waals surface area contributed by atoms with E-state index in [0.29, 0.717) is 16.4 Å². The SMILES string of the molecule is Cc1nn(C(C)C)cc1NC(=O)c1cnn(-c2cccc(Cl)c2)c1N. The fraction of sp³-hybridized carbons (Fsp3) is 0.235. The number of hydrogen-bond donors (Lipinski definition) is 2. The molecule has 3 aromatic rings. The van der Waals surface area contributed by atoms with Gasteiger partial charge in [-0.1, -0.05) is 17.7 Å². The molecule has 2 heterocycles. The molecule has 0 spiro atoms. The number of anilines is 2. The highest BCUT2D eigenvalue weighted by Crippen LogP contribution is 2.22. The second-order valence-corrected chi connectivity index (χ2v) is 6.43. The number of rotatable bonds is 4. The molecule has 1 aromatic carbocycles. The Labute approximate surface area is 150 Å². The Hall–Kier alpha value is -2.80. The van der Waals surface area contributed by atoms with Gasteiger partial charge in [0.15, 0.2) is 0 Å². The molecule has 3 rings (SSSR count). The zero-order chi connectivity index (χ0) is 18.1. The van der Waals surface area contributed by atoms with E-state index in [4.69, 9.17) is 17.3 Å². The summed E-state index contributed by atoms with van der Waals surface area (Å²) in [7, 11) is 0. The number of benzene rings is 1. The molecule has 130 valence electrons. The van der Waals surface area contributed by atoms with Crippen molar-refractivity contribution in [3.05, 3.63) is 52.9 Å². The van der Waals surface area contributed by atoms with Crippen molar-refractivity contribution >= 4 is 29.0 Å². The molecule has 0 radical (unpaired) electrons. The maximum absolute atomic E-state index is 12.6. The van der Waals surface area contributed by atoms with Crippen LogP contribution in [0.15, 0.2) is 36.7 Å². The summed E-state index contributed by atoms with van der Waals surface area (Å²) in [5.41, 5.74) is 8.47. The van der Waals surface area contributed by atoms with E-state index in [2.05, 4.69) is 15.5 Å². The Morgan fingerprint density at radius 3 is 2.76 bits per heavy atom. The van der Waals surface area contributed by atoms with Crippen molar-refractivity contribution in [2.24, 2.45) is 0 Å². The van der Waals surface area contributed by atoms with E-state index < -0.39 is 0 Å². The molecular weight excluding hydrogens is 340 g/mol. The van der Waals surface area contributed by atoms with Crippen LogP contribution in [-0.2, 0) is 0 Å². The molecule has 0 aliphatic carbocycles. The number of carbonyl (C=O) groups is 1. The minimum atomic E-state index is -0.336. The van der Waals surface area contributed by atoms with E-state index in [9.17, 15) is 4.79 Å². The highest BCUT2D eigenvalue weighted by molar-refractivity contribution is 6.30. The van der Waals surface area contributed by atoms with Gasteiger partial charge in [0.1, 0.15) is 11.4 Å². The van der Waals surface area contributed by atoms with Crippen LogP contribution in [0.2, 0.25) is 5.02 Å². The lowest BCUT2D eigenvalue weighted by atomic mass is 10.2. The average molecular weight is 359 g/mol. The lowest BCUT2D eigenvalue weighted by Gasteiger charge is -2.06. The summed E-state index contributed by atoms with van der Waals surface area (Å²) >= 11 is 6.00. The maximum Gasteiger partial charge on any atom is 0.261 e. The molecule has 8 heteroatoms. The van der Waals surface area contributed by atoms with Crippen LogP contribution >= 0.6 is 11.6 Å². The number of hydrogen-bond acceptors (Lipinski definition) is 4. The molecule has 0 aliphatic heterocycles. The molecule has 0 bridgehead atoms. The molecule has 0 unspecified atom stereocenters. The van der Waals surface area contributed by atoms with Gasteiger partial charge in [-0.05, 0) is 39.0 Å².